The molecule has 1 aliphatic rings. The molecule has 1 amide bonds. The fourth-order valence-electron chi connectivity index (χ4n) is 3.18. The lowest BCUT2D eigenvalue weighted by molar-refractivity contribution is -0.121. The minimum absolute atomic E-state index is 0.0699. The number of halogens is 1. The van der Waals surface area contributed by atoms with E-state index >= 15 is 0 Å². The molecule has 2 aromatic heterocycles. The van der Waals surface area contributed by atoms with Crippen molar-refractivity contribution >= 4 is 39.0 Å². The molecule has 0 bridgehead atoms. The van der Waals surface area contributed by atoms with Crippen LogP contribution in [0.4, 0.5) is 5.82 Å². The van der Waals surface area contributed by atoms with Crippen LogP contribution in [0, 0.1) is 0 Å². The zero-order valence-electron chi connectivity index (χ0n) is 14.1. The monoisotopic (exact) mass is 430 g/mol. The fraction of sp³-hybridized carbons (Fsp3) is 0.263. The van der Waals surface area contributed by atoms with E-state index in [1.54, 1.807) is 11.3 Å². The highest BCUT2D eigenvalue weighted by molar-refractivity contribution is 9.10. The number of anilines is 1. The Morgan fingerprint density at radius 3 is 2.96 bits per heavy atom. The van der Waals surface area contributed by atoms with Crippen LogP contribution in [0.5, 0.6) is 0 Å². The summed E-state index contributed by atoms with van der Waals surface area (Å²) in [6.07, 6.45) is 1.35. The molecule has 3 aromatic rings. The Balaban J connectivity index is 1.32. The molecule has 1 aliphatic heterocycles. The van der Waals surface area contributed by atoms with Crippen LogP contribution < -0.4 is 10.2 Å². The van der Waals surface area contributed by atoms with E-state index in [0.29, 0.717) is 6.42 Å². The van der Waals surface area contributed by atoms with Crippen LogP contribution in [0.3, 0.4) is 0 Å². The number of hydrogen-bond donors (Lipinski definition) is 2. The van der Waals surface area contributed by atoms with Crippen molar-refractivity contribution in [2.45, 2.75) is 18.9 Å². The second-order valence-electron chi connectivity index (χ2n) is 6.42. The number of thiophene rings is 1. The third-order valence-electron chi connectivity index (χ3n) is 4.51. The molecule has 1 aromatic carbocycles. The van der Waals surface area contributed by atoms with Crippen molar-refractivity contribution < 1.29 is 4.79 Å². The summed E-state index contributed by atoms with van der Waals surface area (Å²) in [5, 5.41) is 12.7. The number of rotatable bonds is 5. The topological polar surface area (TPSA) is 61.0 Å². The molecule has 0 saturated carbocycles. The summed E-state index contributed by atoms with van der Waals surface area (Å²) in [5.41, 5.74) is 2.06. The lowest BCUT2D eigenvalue weighted by Gasteiger charge is -2.16. The van der Waals surface area contributed by atoms with Crippen molar-refractivity contribution in [3.05, 3.63) is 57.9 Å². The number of hydrogen-bond acceptors (Lipinski definition) is 4. The van der Waals surface area contributed by atoms with Crippen LogP contribution in [0.1, 0.15) is 12.0 Å². The smallest absolute Gasteiger partial charge is 0.224 e. The van der Waals surface area contributed by atoms with E-state index in [2.05, 4.69) is 53.9 Å². The quantitative estimate of drug-likeness (QED) is 0.646. The zero-order chi connectivity index (χ0) is 17.9. The predicted octanol–water partition coefficient (Wildman–Crippen LogP) is 3.84. The number of nitrogens with one attached hydrogen (secondary N) is 2. The molecule has 1 atom stereocenters. The molecular formula is C19H19BrN4OS. The van der Waals surface area contributed by atoms with Crippen molar-refractivity contribution in [1.82, 2.24) is 15.5 Å². The number of H-pyrrole nitrogens is 1. The number of aromatic nitrogens is 2. The number of aromatic amines is 1. The first kappa shape index (κ1) is 17.3. The highest BCUT2D eigenvalue weighted by Gasteiger charge is 2.25. The van der Waals surface area contributed by atoms with Gasteiger partial charge in [0.1, 0.15) is 0 Å². The normalized spacial score (nSPS) is 16.8. The number of nitrogens with zero attached hydrogens (tertiary/aromatic N) is 2. The van der Waals surface area contributed by atoms with E-state index in [1.165, 1.54) is 4.88 Å². The summed E-state index contributed by atoms with van der Waals surface area (Å²) >= 11 is 5.10. The van der Waals surface area contributed by atoms with E-state index in [9.17, 15) is 4.79 Å². The van der Waals surface area contributed by atoms with E-state index in [0.717, 1.165) is 41.1 Å². The van der Waals surface area contributed by atoms with Gasteiger partial charge >= 0.3 is 0 Å². The number of carbonyl (C=O) groups excluding carboxylic acids is 1. The molecule has 1 saturated heterocycles. The van der Waals surface area contributed by atoms with Crippen LogP contribution in [-0.2, 0) is 11.2 Å². The lowest BCUT2D eigenvalue weighted by atomic mass is 10.1. The Labute approximate surface area is 164 Å². The average Bonchev–Trinajstić information content (AvgIpc) is 3.37. The summed E-state index contributed by atoms with van der Waals surface area (Å²) in [6.45, 7) is 1.69. The fourth-order valence-corrected chi connectivity index (χ4v) is 4.14. The number of carbonyl (C=O) groups is 1. The van der Waals surface area contributed by atoms with E-state index in [-0.39, 0.29) is 11.9 Å². The molecule has 0 radical (unpaired) electrons. The molecule has 4 rings (SSSR count). The standard InChI is InChI=1S/C19H19BrN4OS/c20-14-5-3-13(4-6-14)10-19(25)21-15-7-8-24(12-15)18-11-16(22-23-18)17-2-1-9-26-17/h1-6,9,11,15H,7-8,10,12H2,(H,21,25)(H,22,23)/t15-/m0/s1. The summed E-state index contributed by atoms with van der Waals surface area (Å²) < 4.78 is 1.02. The summed E-state index contributed by atoms with van der Waals surface area (Å²) in [6, 6.07) is 14.2. The highest BCUT2D eigenvalue weighted by atomic mass is 79.9. The molecule has 2 N–H and O–H groups in total. The molecule has 7 heteroatoms. The number of benzene rings is 1. The van der Waals surface area contributed by atoms with Gasteiger partial charge in [-0.25, -0.2) is 0 Å². The second kappa shape index (κ2) is 7.63. The van der Waals surface area contributed by atoms with Crippen LogP contribution in [0.2, 0.25) is 0 Å². The lowest BCUT2D eigenvalue weighted by Crippen LogP contribution is -2.38. The summed E-state index contributed by atoms with van der Waals surface area (Å²) in [7, 11) is 0. The first-order valence-corrected chi connectivity index (χ1v) is 10.2. The van der Waals surface area contributed by atoms with E-state index in [1.807, 2.05) is 30.3 Å². The first-order chi connectivity index (χ1) is 12.7. The van der Waals surface area contributed by atoms with Crippen molar-refractivity contribution in [3.63, 3.8) is 0 Å². The SMILES string of the molecule is O=C(Cc1ccc(Br)cc1)N[C@H]1CCN(c2cc(-c3cccs3)[nH]n2)C1. The van der Waals surface area contributed by atoms with Gasteiger partial charge in [-0.1, -0.05) is 34.1 Å². The van der Waals surface area contributed by atoms with Crippen molar-refractivity contribution in [2.75, 3.05) is 18.0 Å². The molecular weight excluding hydrogens is 412 g/mol. The van der Waals surface area contributed by atoms with Gasteiger partial charge in [-0.05, 0) is 35.6 Å². The minimum Gasteiger partial charge on any atom is -0.353 e. The zero-order valence-corrected chi connectivity index (χ0v) is 16.5. The van der Waals surface area contributed by atoms with Gasteiger partial charge in [0, 0.05) is 29.7 Å². The molecule has 5 nitrogen and oxygen atoms in total. The van der Waals surface area contributed by atoms with Crippen LogP contribution >= 0.6 is 27.3 Å². The number of amides is 1. The first-order valence-electron chi connectivity index (χ1n) is 8.55. The summed E-state index contributed by atoms with van der Waals surface area (Å²) in [5.74, 6) is 1.01. The maximum atomic E-state index is 12.3. The largest absolute Gasteiger partial charge is 0.353 e. The van der Waals surface area contributed by atoms with Crippen LogP contribution in [0.15, 0.2) is 52.3 Å². The van der Waals surface area contributed by atoms with Gasteiger partial charge < -0.3 is 10.2 Å². The van der Waals surface area contributed by atoms with Gasteiger partial charge in [-0.2, -0.15) is 5.10 Å². The maximum absolute atomic E-state index is 12.3. The molecule has 26 heavy (non-hydrogen) atoms. The highest BCUT2D eigenvalue weighted by Crippen LogP contribution is 2.27. The van der Waals surface area contributed by atoms with Crippen molar-refractivity contribution in [2.24, 2.45) is 0 Å². The molecule has 0 unspecified atom stereocenters. The third-order valence-corrected chi connectivity index (χ3v) is 5.94. The van der Waals surface area contributed by atoms with Gasteiger partial charge in [0.15, 0.2) is 5.82 Å². The van der Waals surface area contributed by atoms with Crippen LogP contribution in [-0.4, -0.2) is 35.2 Å². The second-order valence-corrected chi connectivity index (χ2v) is 8.28. The molecule has 0 aliphatic carbocycles. The molecule has 3 heterocycles. The molecule has 0 spiro atoms. The Kier molecular flexibility index (Phi) is 5.08. The van der Waals surface area contributed by atoms with Gasteiger partial charge in [-0.3, -0.25) is 9.89 Å². The van der Waals surface area contributed by atoms with E-state index in [4.69, 9.17) is 0 Å². The Morgan fingerprint density at radius 1 is 1.35 bits per heavy atom. The predicted molar refractivity (Wildman–Crippen MR) is 109 cm³/mol. The molecule has 134 valence electrons. The Morgan fingerprint density at radius 2 is 2.19 bits per heavy atom. The van der Waals surface area contributed by atoms with Gasteiger partial charge in [0.05, 0.1) is 17.0 Å². The van der Waals surface area contributed by atoms with Gasteiger partial charge in [-0.15, -0.1) is 11.3 Å². The third kappa shape index (κ3) is 3.99. The van der Waals surface area contributed by atoms with Crippen molar-refractivity contribution in [1.29, 1.82) is 0 Å². The maximum Gasteiger partial charge on any atom is 0.224 e. The van der Waals surface area contributed by atoms with Crippen LogP contribution in [0.25, 0.3) is 10.6 Å². The minimum atomic E-state index is 0.0699. The van der Waals surface area contributed by atoms with Gasteiger partial charge in [0.2, 0.25) is 5.91 Å². The Bertz CT molecular complexity index is 875. The summed E-state index contributed by atoms with van der Waals surface area (Å²) in [4.78, 5) is 15.7. The average molecular weight is 431 g/mol. The molecule has 1 fully saturated rings. The van der Waals surface area contributed by atoms with E-state index < -0.39 is 0 Å². The van der Waals surface area contributed by atoms with Crippen molar-refractivity contribution in [3.8, 4) is 10.6 Å². The van der Waals surface area contributed by atoms with Gasteiger partial charge in [0.25, 0.3) is 0 Å². The Hall–Kier alpha value is -2.12.